The van der Waals surface area contributed by atoms with Gasteiger partial charge >= 0.3 is 0 Å². The zero-order chi connectivity index (χ0) is 22.8. The third kappa shape index (κ3) is 29.6. The summed E-state index contributed by atoms with van der Waals surface area (Å²) >= 11 is 5.27. The summed E-state index contributed by atoms with van der Waals surface area (Å²) in [5.74, 6) is 0.667. The normalized spacial score (nSPS) is 19.1. The smallest absolute Gasteiger partial charge is 0.104 e. The second-order valence-electron chi connectivity index (χ2n) is 8.08. The van der Waals surface area contributed by atoms with Gasteiger partial charge in [0.05, 0.1) is 31.8 Å². The van der Waals surface area contributed by atoms with Crippen LogP contribution in [0.2, 0.25) is 0 Å². The number of rotatable bonds is 18. The van der Waals surface area contributed by atoms with E-state index in [-0.39, 0.29) is 0 Å². The monoisotopic (exact) mass is 460 g/mol. The van der Waals surface area contributed by atoms with Crippen LogP contribution in [0.1, 0.15) is 90.9 Å². The van der Waals surface area contributed by atoms with Gasteiger partial charge in [-0.05, 0) is 51.4 Å². The van der Waals surface area contributed by atoms with Crippen molar-refractivity contribution >= 4 is 11.6 Å². The maximum Gasteiger partial charge on any atom is 0.104 e. The van der Waals surface area contributed by atoms with E-state index in [4.69, 9.17) is 30.9 Å². The SMILES string of the molecule is CCCCC/C=C\CCCO.CCCCC/C=C\CCCOC[C@H]1CO1.ClC[C@H]1CO1. The maximum atomic E-state index is 8.47. The summed E-state index contributed by atoms with van der Waals surface area (Å²) in [7, 11) is 0. The molecule has 2 heterocycles. The Hall–Kier alpha value is -0.390. The molecule has 0 aliphatic carbocycles. The summed E-state index contributed by atoms with van der Waals surface area (Å²) in [6.07, 6.45) is 24.4. The van der Waals surface area contributed by atoms with Gasteiger partial charge in [-0.2, -0.15) is 0 Å². The van der Waals surface area contributed by atoms with Gasteiger partial charge in [-0.3, -0.25) is 0 Å². The van der Waals surface area contributed by atoms with Crippen LogP contribution in [0.15, 0.2) is 24.3 Å². The highest BCUT2D eigenvalue weighted by atomic mass is 35.5. The van der Waals surface area contributed by atoms with E-state index in [9.17, 15) is 0 Å². The number of alkyl halides is 1. The molecule has 0 bridgehead atoms. The molecule has 0 aromatic carbocycles. The first kappa shape index (κ1) is 30.6. The number of hydrogen-bond acceptors (Lipinski definition) is 4. The van der Waals surface area contributed by atoms with Gasteiger partial charge in [0.25, 0.3) is 0 Å². The van der Waals surface area contributed by atoms with Crippen LogP contribution in [-0.4, -0.2) is 56.2 Å². The Kier molecular flexibility index (Phi) is 25.5. The molecular weight excluding hydrogens is 412 g/mol. The van der Waals surface area contributed by atoms with Crippen molar-refractivity contribution in [2.45, 2.75) is 103 Å². The lowest BCUT2D eigenvalue weighted by Gasteiger charge is -1.99. The first-order valence-corrected chi connectivity index (χ1v) is 13.1. The average Bonchev–Trinajstić information content (AvgIpc) is 3.70. The molecule has 4 nitrogen and oxygen atoms in total. The molecule has 2 aliphatic heterocycles. The zero-order valence-electron chi connectivity index (χ0n) is 20.2. The van der Waals surface area contributed by atoms with Crippen LogP contribution in [0.25, 0.3) is 0 Å². The standard InChI is InChI=1S/C13H24O2.C10H20O.C3H5ClO/c1-2-3-4-5-6-7-8-9-10-14-11-13-12-15-13;1-2-3-4-5-6-7-8-9-10-11;4-1-3-2-5-3/h6-7,13H,2-5,8-12H2,1H3;6-7,11H,2-5,8-10H2,1H3;3H,1-2H2/b2*7-6-;/t13-;;3-/m0.0/s1. The molecule has 0 aromatic rings. The number of halogens is 1. The highest BCUT2D eigenvalue weighted by Crippen LogP contribution is 2.09. The molecule has 0 saturated carbocycles. The van der Waals surface area contributed by atoms with Gasteiger partial charge in [0.15, 0.2) is 0 Å². The fourth-order valence-corrected chi connectivity index (χ4v) is 2.72. The minimum Gasteiger partial charge on any atom is -0.396 e. The number of ether oxygens (including phenoxy) is 3. The number of hydrogen-bond donors (Lipinski definition) is 1. The van der Waals surface area contributed by atoms with Crippen molar-refractivity contribution in [1.29, 1.82) is 0 Å². The van der Waals surface area contributed by atoms with E-state index in [2.05, 4.69) is 38.2 Å². The second-order valence-corrected chi connectivity index (χ2v) is 8.39. The zero-order valence-corrected chi connectivity index (χ0v) is 21.0. The lowest BCUT2D eigenvalue weighted by molar-refractivity contribution is 0.115. The summed E-state index contributed by atoms with van der Waals surface area (Å²) in [5.41, 5.74) is 0. The number of aliphatic hydroxyl groups excluding tert-OH is 1. The summed E-state index contributed by atoms with van der Waals surface area (Å²) in [5, 5.41) is 8.47. The van der Waals surface area contributed by atoms with Gasteiger partial charge in [-0.1, -0.05) is 63.8 Å². The first-order chi connectivity index (χ1) is 15.3. The molecule has 0 aromatic heterocycles. The van der Waals surface area contributed by atoms with Crippen molar-refractivity contribution in [3.63, 3.8) is 0 Å². The summed E-state index contributed by atoms with van der Waals surface area (Å²) in [6, 6.07) is 0. The summed E-state index contributed by atoms with van der Waals surface area (Å²) < 4.78 is 15.2. The van der Waals surface area contributed by atoms with Crippen LogP contribution in [-0.2, 0) is 14.2 Å². The molecule has 184 valence electrons. The Labute approximate surface area is 197 Å². The van der Waals surface area contributed by atoms with Crippen LogP contribution >= 0.6 is 11.6 Å². The van der Waals surface area contributed by atoms with E-state index < -0.39 is 0 Å². The fraction of sp³-hybridized carbons (Fsp3) is 0.846. The van der Waals surface area contributed by atoms with Crippen molar-refractivity contribution in [1.82, 2.24) is 0 Å². The second kappa shape index (κ2) is 25.9. The van der Waals surface area contributed by atoms with Crippen molar-refractivity contribution in [3.05, 3.63) is 24.3 Å². The molecule has 2 atom stereocenters. The minimum atomic E-state index is 0.319. The molecule has 2 saturated heterocycles. The average molecular weight is 461 g/mol. The van der Waals surface area contributed by atoms with Crippen molar-refractivity contribution in [2.75, 3.05) is 38.9 Å². The minimum absolute atomic E-state index is 0.319. The third-order valence-corrected chi connectivity index (χ3v) is 5.10. The molecule has 1 N–H and O–H groups in total. The van der Waals surface area contributed by atoms with Gasteiger partial charge in [0.1, 0.15) is 6.10 Å². The van der Waals surface area contributed by atoms with Crippen molar-refractivity contribution in [3.8, 4) is 0 Å². The molecule has 0 spiro atoms. The van der Waals surface area contributed by atoms with Crippen LogP contribution in [0.3, 0.4) is 0 Å². The van der Waals surface area contributed by atoms with Gasteiger partial charge in [-0.25, -0.2) is 0 Å². The summed E-state index contributed by atoms with van der Waals surface area (Å²) in [4.78, 5) is 0. The Bertz CT molecular complexity index is 393. The van der Waals surface area contributed by atoms with Crippen LogP contribution in [0, 0.1) is 0 Å². The molecule has 31 heavy (non-hydrogen) atoms. The quantitative estimate of drug-likeness (QED) is 0.105. The highest BCUT2D eigenvalue weighted by Gasteiger charge is 2.21. The molecule has 0 unspecified atom stereocenters. The van der Waals surface area contributed by atoms with Crippen LogP contribution < -0.4 is 0 Å². The van der Waals surface area contributed by atoms with E-state index in [0.29, 0.717) is 24.7 Å². The predicted octanol–water partition coefficient (Wildman–Crippen LogP) is 6.84. The molecule has 2 aliphatic rings. The number of aliphatic hydroxyl groups is 1. The van der Waals surface area contributed by atoms with Crippen molar-refractivity contribution in [2.24, 2.45) is 0 Å². The number of unbranched alkanes of at least 4 members (excludes halogenated alkanes) is 8. The molecule has 2 fully saturated rings. The Balaban J connectivity index is 0.000000489. The van der Waals surface area contributed by atoms with E-state index in [0.717, 1.165) is 52.1 Å². The Morgan fingerprint density at radius 3 is 1.65 bits per heavy atom. The topological polar surface area (TPSA) is 54.5 Å². The molecular formula is C26H49ClO4. The van der Waals surface area contributed by atoms with E-state index in [1.54, 1.807) is 0 Å². The highest BCUT2D eigenvalue weighted by molar-refractivity contribution is 6.18. The number of allylic oxidation sites excluding steroid dienone is 4. The van der Waals surface area contributed by atoms with Gasteiger partial charge in [0.2, 0.25) is 0 Å². The maximum absolute atomic E-state index is 8.47. The Morgan fingerprint density at radius 1 is 0.774 bits per heavy atom. The predicted molar refractivity (Wildman–Crippen MR) is 133 cm³/mol. The van der Waals surface area contributed by atoms with E-state index in [1.165, 1.54) is 51.4 Å². The first-order valence-electron chi connectivity index (χ1n) is 12.6. The van der Waals surface area contributed by atoms with Gasteiger partial charge < -0.3 is 19.3 Å². The fourth-order valence-electron chi connectivity index (χ4n) is 2.54. The number of epoxide rings is 2. The largest absolute Gasteiger partial charge is 0.396 e. The summed E-state index contributed by atoms with van der Waals surface area (Å²) in [6.45, 7) is 8.22. The Morgan fingerprint density at radius 2 is 1.26 bits per heavy atom. The molecule has 0 radical (unpaired) electrons. The van der Waals surface area contributed by atoms with Gasteiger partial charge in [0, 0.05) is 13.2 Å². The van der Waals surface area contributed by atoms with Crippen molar-refractivity contribution < 1.29 is 19.3 Å². The molecule has 5 heteroatoms. The van der Waals surface area contributed by atoms with E-state index >= 15 is 0 Å². The molecule has 0 amide bonds. The lowest BCUT2D eigenvalue weighted by atomic mass is 10.2. The third-order valence-electron chi connectivity index (χ3n) is 4.75. The molecule has 2 rings (SSSR count). The van der Waals surface area contributed by atoms with E-state index in [1.807, 2.05) is 0 Å². The van der Waals surface area contributed by atoms with Crippen LogP contribution in [0.4, 0.5) is 0 Å². The van der Waals surface area contributed by atoms with Crippen LogP contribution in [0.5, 0.6) is 0 Å². The lowest BCUT2D eigenvalue weighted by Crippen LogP contribution is -2.02. The van der Waals surface area contributed by atoms with Gasteiger partial charge in [-0.15, -0.1) is 11.6 Å².